The molecule has 1 N–H and O–H groups in total. The summed E-state index contributed by atoms with van der Waals surface area (Å²) >= 11 is 13.6. The molecule has 5 nitrogen and oxygen atoms in total. The minimum absolute atomic E-state index is 0.138. The number of para-hydroxylation sites is 2. The summed E-state index contributed by atoms with van der Waals surface area (Å²) in [6.07, 6.45) is 0.300. The van der Waals surface area contributed by atoms with Crippen LogP contribution in [0, 0.1) is 11.3 Å². The molecule has 0 bridgehead atoms. The highest BCUT2D eigenvalue weighted by Gasteiger charge is 2.41. The summed E-state index contributed by atoms with van der Waals surface area (Å²) in [5.74, 6) is -0.820. The van der Waals surface area contributed by atoms with Crippen molar-refractivity contribution < 1.29 is 9.59 Å². The number of hydrogen-bond acceptors (Lipinski definition) is 4. The van der Waals surface area contributed by atoms with Crippen molar-refractivity contribution in [2.45, 2.75) is 11.7 Å². The molecule has 2 amide bonds. The standard InChI is InChI=1S/C25H17Cl2N3O2S/c26-17-11-12-21(27)16(13-17)14-22-24(32)30(19-9-5-2-6-10-19)25(33-22)20(15-28)23(31)29-18-7-3-1-4-8-18/h1-13,22H,14H2,(H,29,31)/b25-20-/t22-/m0/s1. The van der Waals surface area contributed by atoms with Crippen LogP contribution in [0.1, 0.15) is 5.56 Å². The quantitative estimate of drug-likeness (QED) is 0.346. The molecule has 33 heavy (non-hydrogen) atoms. The van der Waals surface area contributed by atoms with Crippen LogP contribution in [-0.4, -0.2) is 17.1 Å². The van der Waals surface area contributed by atoms with Gasteiger partial charge in [-0.2, -0.15) is 5.26 Å². The van der Waals surface area contributed by atoms with Gasteiger partial charge in [0.2, 0.25) is 5.91 Å². The van der Waals surface area contributed by atoms with Gasteiger partial charge < -0.3 is 5.32 Å². The van der Waals surface area contributed by atoms with Crippen LogP contribution < -0.4 is 10.2 Å². The lowest BCUT2D eigenvalue weighted by atomic mass is 10.1. The molecule has 164 valence electrons. The third kappa shape index (κ3) is 5.07. The lowest BCUT2D eigenvalue weighted by Crippen LogP contribution is -2.30. The zero-order valence-corrected chi connectivity index (χ0v) is 19.5. The van der Waals surface area contributed by atoms with E-state index in [-0.39, 0.29) is 16.5 Å². The number of halogens is 2. The first-order chi connectivity index (χ1) is 16.0. The molecular formula is C25H17Cl2N3O2S. The lowest BCUT2D eigenvalue weighted by Gasteiger charge is -2.18. The summed E-state index contributed by atoms with van der Waals surface area (Å²) in [4.78, 5) is 27.9. The van der Waals surface area contributed by atoms with E-state index in [4.69, 9.17) is 23.2 Å². The van der Waals surface area contributed by atoms with Crippen LogP contribution >= 0.6 is 35.0 Å². The van der Waals surface area contributed by atoms with E-state index >= 15 is 0 Å². The number of amides is 2. The number of nitriles is 1. The third-order valence-electron chi connectivity index (χ3n) is 4.96. The second-order valence-corrected chi connectivity index (χ2v) is 9.20. The molecule has 1 fully saturated rings. The molecule has 8 heteroatoms. The van der Waals surface area contributed by atoms with Gasteiger partial charge in [-0.25, -0.2) is 0 Å². The summed E-state index contributed by atoms with van der Waals surface area (Å²) in [5.41, 5.74) is 1.71. The Morgan fingerprint density at radius 3 is 2.36 bits per heavy atom. The molecule has 4 rings (SSSR count). The molecule has 1 heterocycles. The topological polar surface area (TPSA) is 73.2 Å². The van der Waals surface area contributed by atoms with Crippen LogP contribution in [0.3, 0.4) is 0 Å². The van der Waals surface area contributed by atoms with Crippen molar-refractivity contribution in [3.05, 3.63) is 105 Å². The van der Waals surface area contributed by atoms with E-state index in [0.29, 0.717) is 27.8 Å². The summed E-state index contributed by atoms with van der Waals surface area (Å²) in [5, 5.41) is 13.3. The molecule has 1 aliphatic rings. The highest BCUT2D eigenvalue weighted by atomic mass is 35.5. The van der Waals surface area contributed by atoms with Crippen molar-refractivity contribution >= 4 is 58.2 Å². The van der Waals surface area contributed by atoms with Gasteiger partial charge in [0.1, 0.15) is 16.7 Å². The van der Waals surface area contributed by atoms with Gasteiger partial charge in [-0.1, -0.05) is 71.4 Å². The number of carbonyl (C=O) groups is 2. The van der Waals surface area contributed by atoms with E-state index in [1.807, 2.05) is 18.2 Å². The Labute approximate surface area is 205 Å². The highest BCUT2D eigenvalue weighted by molar-refractivity contribution is 8.05. The molecule has 0 unspecified atom stereocenters. The minimum Gasteiger partial charge on any atom is -0.321 e. The smallest absolute Gasteiger partial charge is 0.269 e. The first-order valence-corrected chi connectivity index (χ1v) is 11.6. The molecule has 3 aromatic carbocycles. The monoisotopic (exact) mass is 493 g/mol. The fourth-order valence-electron chi connectivity index (χ4n) is 3.41. The molecule has 1 saturated heterocycles. The minimum atomic E-state index is -0.582. The Balaban J connectivity index is 1.73. The number of benzene rings is 3. The maximum Gasteiger partial charge on any atom is 0.269 e. The predicted octanol–water partition coefficient (Wildman–Crippen LogP) is 6.06. The second-order valence-electron chi connectivity index (χ2n) is 7.17. The second kappa shape index (κ2) is 10.1. The van der Waals surface area contributed by atoms with Gasteiger partial charge in [-0.15, -0.1) is 0 Å². The molecule has 1 aliphatic heterocycles. The van der Waals surface area contributed by atoms with E-state index in [9.17, 15) is 14.9 Å². The zero-order valence-electron chi connectivity index (χ0n) is 17.2. The van der Waals surface area contributed by atoms with Crippen LogP contribution in [0.2, 0.25) is 10.0 Å². The molecular weight excluding hydrogens is 477 g/mol. The lowest BCUT2D eigenvalue weighted by molar-refractivity contribution is -0.117. The fourth-order valence-corrected chi connectivity index (χ4v) is 5.10. The molecule has 1 atom stereocenters. The summed E-state index contributed by atoms with van der Waals surface area (Å²) in [6.45, 7) is 0. The number of anilines is 2. The molecule has 0 spiro atoms. The van der Waals surface area contributed by atoms with Crippen LogP contribution in [0.15, 0.2) is 89.5 Å². The van der Waals surface area contributed by atoms with E-state index in [1.54, 1.807) is 66.7 Å². The van der Waals surface area contributed by atoms with Crippen molar-refractivity contribution in [2.24, 2.45) is 0 Å². The average molecular weight is 494 g/mol. The van der Waals surface area contributed by atoms with Crippen LogP contribution in [0.4, 0.5) is 11.4 Å². The van der Waals surface area contributed by atoms with Gasteiger partial charge in [0, 0.05) is 21.4 Å². The van der Waals surface area contributed by atoms with Gasteiger partial charge >= 0.3 is 0 Å². The van der Waals surface area contributed by atoms with Crippen molar-refractivity contribution in [3.8, 4) is 6.07 Å². The van der Waals surface area contributed by atoms with Crippen LogP contribution in [-0.2, 0) is 16.0 Å². The Bertz CT molecular complexity index is 1270. The summed E-state index contributed by atoms with van der Waals surface area (Å²) in [6, 6.07) is 24.9. The van der Waals surface area contributed by atoms with E-state index in [2.05, 4.69) is 5.32 Å². The number of thioether (sulfide) groups is 1. The Hall–Kier alpha value is -3.24. The fraction of sp³-hybridized carbons (Fsp3) is 0.0800. The maximum atomic E-state index is 13.5. The van der Waals surface area contributed by atoms with Crippen LogP contribution in [0.25, 0.3) is 0 Å². The van der Waals surface area contributed by atoms with E-state index in [1.165, 1.54) is 16.7 Å². The number of carbonyl (C=O) groups excluding carboxylic acids is 2. The molecule has 0 aromatic heterocycles. The Morgan fingerprint density at radius 2 is 1.70 bits per heavy atom. The first-order valence-electron chi connectivity index (χ1n) is 9.98. The third-order valence-corrected chi connectivity index (χ3v) is 6.83. The number of hydrogen-bond donors (Lipinski definition) is 1. The largest absolute Gasteiger partial charge is 0.321 e. The van der Waals surface area contributed by atoms with Gasteiger partial charge in [0.25, 0.3) is 5.91 Å². The summed E-state index contributed by atoms with van der Waals surface area (Å²) in [7, 11) is 0. The summed E-state index contributed by atoms with van der Waals surface area (Å²) < 4.78 is 0. The predicted molar refractivity (Wildman–Crippen MR) is 133 cm³/mol. The number of nitrogens with one attached hydrogen (secondary N) is 1. The van der Waals surface area contributed by atoms with Crippen molar-refractivity contribution in [1.82, 2.24) is 0 Å². The Kier molecular flexibility index (Phi) is 7.05. The molecule has 3 aromatic rings. The van der Waals surface area contributed by atoms with Gasteiger partial charge in [0.15, 0.2) is 0 Å². The number of rotatable bonds is 5. The van der Waals surface area contributed by atoms with Gasteiger partial charge in [-0.3, -0.25) is 14.5 Å². The average Bonchev–Trinajstić information content (AvgIpc) is 3.13. The maximum absolute atomic E-state index is 13.5. The van der Waals surface area contributed by atoms with Crippen molar-refractivity contribution in [3.63, 3.8) is 0 Å². The van der Waals surface area contributed by atoms with Crippen molar-refractivity contribution in [1.29, 1.82) is 5.26 Å². The van der Waals surface area contributed by atoms with Gasteiger partial charge in [-0.05, 0) is 54.4 Å². The first kappa shape index (κ1) is 22.9. The van der Waals surface area contributed by atoms with E-state index < -0.39 is 11.2 Å². The molecule has 0 aliphatic carbocycles. The Morgan fingerprint density at radius 1 is 1.03 bits per heavy atom. The number of nitrogens with zero attached hydrogens (tertiary/aromatic N) is 2. The molecule has 0 radical (unpaired) electrons. The van der Waals surface area contributed by atoms with Gasteiger partial charge in [0.05, 0.1) is 5.25 Å². The normalized spacial score (nSPS) is 16.9. The van der Waals surface area contributed by atoms with E-state index in [0.717, 1.165) is 5.56 Å². The molecule has 0 saturated carbocycles. The highest BCUT2D eigenvalue weighted by Crippen LogP contribution is 2.42. The van der Waals surface area contributed by atoms with Crippen LogP contribution in [0.5, 0.6) is 0 Å². The zero-order chi connectivity index (χ0) is 23.4. The SMILES string of the molecule is N#C/C(C(=O)Nc1ccccc1)=C1/S[C@@H](Cc2cc(Cl)ccc2Cl)C(=O)N1c1ccccc1. The van der Waals surface area contributed by atoms with Crippen molar-refractivity contribution in [2.75, 3.05) is 10.2 Å².